The first-order valence-corrected chi connectivity index (χ1v) is 13.0. The number of fused-ring (bicyclic) bond motifs is 16. The summed E-state index contributed by atoms with van der Waals surface area (Å²) >= 11 is 0. The number of ether oxygens (including phenoxy) is 4. The summed E-state index contributed by atoms with van der Waals surface area (Å²) in [7, 11) is 0. The number of aryl methyl sites for hydroxylation is 4. The molecule has 3 aliphatic rings. The second kappa shape index (κ2) is 14.1. The van der Waals surface area contributed by atoms with Gasteiger partial charge in [0.15, 0.2) is 0 Å². The van der Waals surface area contributed by atoms with Crippen molar-refractivity contribution in [3.8, 4) is 0 Å². The lowest BCUT2D eigenvalue weighted by molar-refractivity contribution is 0.00596. The molecule has 0 aliphatic carbocycles. The van der Waals surface area contributed by atoms with Crippen molar-refractivity contribution in [1.29, 1.82) is 0 Å². The summed E-state index contributed by atoms with van der Waals surface area (Å²) < 4.78 is 27.7. The molecule has 0 atom stereocenters. The van der Waals surface area contributed by atoms with Gasteiger partial charge in [0.1, 0.15) is 0 Å². The number of rotatable bonds is 0. The van der Waals surface area contributed by atoms with Crippen LogP contribution < -0.4 is 0 Å². The van der Waals surface area contributed by atoms with Crippen molar-refractivity contribution in [3.05, 3.63) is 34.9 Å². The molecule has 0 spiro atoms. The molecular weight excluding hydrogens is 448 g/mol. The minimum absolute atomic E-state index is 0.602. The number of hydrogen-bond donors (Lipinski definition) is 0. The fraction of sp³-hybridized carbons (Fsp3) is 0.760. The third-order valence-corrected chi connectivity index (χ3v) is 6.53. The van der Waals surface area contributed by atoms with E-state index in [1.54, 1.807) is 0 Å². The predicted molar refractivity (Wildman–Crippen MR) is 132 cm³/mol. The highest BCUT2D eigenvalue weighted by Crippen LogP contribution is 2.11. The van der Waals surface area contributed by atoms with Gasteiger partial charge in [-0.1, -0.05) is 0 Å². The maximum Gasteiger partial charge on any atom is 0.0767 e. The Morgan fingerprint density at radius 3 is 1.29 bits per heavy atom. The van der Waals surface area contributed by atoms with Crippen LogP contribution in [0.5, 0.6) is 0 Å². The van der Waals surface area contributed by atoms with Gasteiger partial charge in [0, 0.05) is 63.7 Å². The van der Waals surface area contributed by atoms with E-state index in [1.807, 2.05) is 0 Å². The molecular formula is C25H42N6O4. The molecule has 196 valence electrons. The maximum absolute atomic E-state index is 5.87. The van der Waals surface area contributed by atoms with Crippen LogP contribution in [0.2, 0.25) is 0 Å². The van der Waals surface area contributed by atoms with Crippen molar-refractivity contribution in [1.82, 2.24) is 29.4 Å². The normalized spacial score (nSPS) is 24.7. The van der Waals surface area contributed by atoms with Crippen LogP contribution >= 0.6 is 0 Å². The Kier molecular flexibility index (Phi) is 10.5. The Balaban J connectivity index is 1.52. The molecule has 3 aliphatic heterocycles. The number of hydrogen-bond acceptors (Lipinski definition) is 8. The standard InChI is InChI=1S/C25H42N6O4/c1-22-18-24-20-28-6-10-32-14-16-34-12-8-29(9-13-35-17-15-33-11-7-28)21-25-19-23(2)31(27-25)5-3-4-30(22)26-24/h18-19H,3-17,20-21H2,1-2H3. The summed E-state index contributed by atoms with van der Waals surface area (Å²) in [5.41, 5.74) is 4.56. The fourth-order valence-electron chi connectivity index (χ4n) is 4.55. The summed E-state index contributed by atoms with van der Waals surface area (Å²) in [6.07, 6.45) is 0.987. The van der Waals surface area contributed by atoms with Gasteiger partial charge < -0.3 is 18.9 Å². The minimum atomic E-state index is 0.602. The molecule has 1 saturated heterocycles. The molecule has 2 aromatic rings. The first-order valence-electron chi connectivity index (χ1n) is 13.0. The van der Waals surface area contributed by atoms with E-state index in [2.05, 4.69) is 45.1 Å². The number of aromatic nitrogens is 4. The van der Waals surface area contributed by atoms with E-state index in [0.29, 0.717) is 52.9 Å². The highest BCUT2D eigenvalue weighted by atomic mass is 16.5. The molecule has 2 aromatic heterocycles. The van der Waals surface area contributed by atoms with E-state index in [1.165, 1.54) is 11.4 Å². The monoisotopic (exact) mass is 490 g/mol. The molecule has 5 rings (SSSR count). The summed E-state index contributed by atoms with van der Waals surface area (Å²) in [4.78, 5) is 4.71. The van der Waals surface area contributed by atoms with Crippen LogP contribution in [0.4, 0.5) is 0 Å². The molecule has 6 bridgehead atoms. The van der Waals surface area contributed by atoms with E-state index < -0.39 is 0 Å². The highest BCUT2D eigenvalue weighted by molar-refractivity contribution is 5.10. The second-order valence-corrected chi connectivity index (χ2v) is 9.36. The van der Waals surface area contributed by atoms with Crippen LogP contribution in [-0.2, 0) is 45.1 Å². The molecule has 5 heterocycles. The van der Waals surface area contributed by atoms with Crippen LogP contribution in [0.25, 0.3) is 0 Å². The average molecular weight is 491 g/mol. The zero-order valence-electron chi connectivity index (χ0n) is 21.5. The Morgan fingerprint density at radius 1 is 0.543 bits per heavy atom. The van der Waals surface area contributed by atoms with Crippen LogP contribution in [-0.4, -0.2) is 108 Å². The Morgan fingerprint density at radius 2 is 0.914 bits per heavy atom. The Labute approximate surface area is 209 Å². The van der Waals surface area contributed by atoms with Gasteiger partial charge in [-0.2, -0.15) is 10.2 Å². The lowest BCUT2D eigenvalue weighted by Gasteiger charge is -2.23. The van der Waals surface area contributed by atoms with Crippen LogP contribution in [0.15, 0.2) is 12.1 Å². The van der Waals surface area contributed by atoms with Crippen molar-refractivity contribution in [2.24, 2.45) is 0 Å². The smallest absolute Gasteiger partial charge is 0.0767 e. The molecule has 10 heteroatoms. The Hall–Kier alpha value is -1.82. The third kappa shape index (κ3) is 8.66. The predicted octanol–water partition coefficient (Wildman–Crippen LogP) is 1.48. The lowest BCUT2D eigenvalue weighted by Crippen LogP contribution is -2.33. The molecule has 0 amide bonds. The van der Waals surface area contributed by atoms with Crippen molar-refractivity contribution in [3.63, 3.8) is 0 Å². The van der Waals surface area contributed by atoms with Crippen molar-refractivity contribution in [2.75, 3.05) is 79.0 Å². The molecule has 35 heavy (non-hydrogen) atoms. The van der Waals surface area contributed by atoms with Crippen LogP contribution in [0.3, 0.4) is 0 Å². The first kappa shape index (κ1) is 26.2. The SMILES string of the molecule is Cc1cc2nn1CCCn1nc(cc1C)CN1CCOCCOCCN(CCOCCOCC1)C2. The second-order valence-electron chi connectivity index (χ2n) is 9.36. The minimum Gasteiger partial charge on any atom is -0.378 e. The van der Waals surface area contributed by atoms with Gasteiger partial charge in [0.05, 0.1) is 64.2 Å². The van der Waals surface area contributed by atoms with Crippen molar-refractivity contribution < 1.29 is 18.9 Å². The van der Waals surface area contributed by atoms with Gasteiger partial charge in [-0.05, 0) is 32.4 Å². The zero-order valence-corrected chi connectivity index (χ0v) is 21.5. The molecule has 0 N–H and O–H groups in total. The maximum atomic E-state index is 5.87. The molecule has 0 saturated carbocycles. The van der Waals surface area contributed by atoms with Crippen LogP contribution in [0.1, 0.15) is 29.2 Å². The van der Waals surface area contributed by atoms with Gasteiger partial charge in [-0.25, -0.2) is 0 Å². The van der Waals surface area contributed by atoms with Gasteiger partial charge in [-0.15, -0.1) is 0 Å². The van der Waals surface area contributed by atoms with Gasteiger partial charge in [-0.3, -0.25) is 19.2 Å². The molecule has 0 unspecified atom stereocenters. The topological polar surface area (TPSA) is 79.0 Å². The van der Waals surface area contributed by atoms with E-state index >= 15 is 0 Å². The quantitative estimate of drug-likeness (QED) is 0.550. The molecule has 0 aromatic carbocycles. The molecule has 0 radical (unpaired) electrons. The average Bonchev–Trinajstić information content (AvgIpc) is 3.36. The summed E-state index contributed by atoms with van der Waals surface area (Å²) in [5.74, 6) is 0. The largest absolute Gasteiger partial charge is 0.378 e. The van der Waals surface area contributed by atoms with E-state index in [9.17, 15) is 0 Å². The Bertz CT molecular complexity index is 795. The highest BCUT2D eigenvalue weighted by Gasteiger charge is 2.14. The van der Waals surface area contributed by atoms with E-state index in [-0.39, 0.29) is 0 Å². The van der Waals surface area contributed by atoms with Gasteiger partial charge >= 0.3 is 0 Å². The summed E-state index contributed by atoms with van der Waals surface area (Å²) in [5, 5.41) is 9.79. The summed E-state index contributed by atoms with van der Waals surface area (Å²) in [6, 6.07) is 4.39. The number of nitrogens with zero attached hydrogens (tertiary/aromatic N) is 6. The van der Waals surface area contributed by atoms with Gasteiger partial charge in [0.25, 0.3) is 0 Å². The zero-order chi connectivity index (χ0) is 24.3. The fourth-order valence-corrected chi connectivity index (χ4v) is 4.55. The van der Waals surface area contributed by atoms with Crippen LogP contribution in [0, 0.1) is 13.8 Å². The van der Waals surface area contributed by atoms with Crippen molar-refractivity contribution in [2.45, 2.75) is 46.4 Å². The summed E-state index contributed by atoms with van der Waals surface area (Å²) in [6.45, 7) is 16.0. The van der Waals surface area contributed by atoms with Crippen molar-refractivity contribution >= 4 is 0 Å². The molecule has 1 fully saturated rings. The van der Waals surface area contributed by atoms with Gasteiger partial charge in [0.2, 0.25) is 0 Å². The lowest BCUT2D eigenvalue weighted by atomic mass is 10.3. The molecule has 10 nitrogen and oxygen atoms in total. The third-order valence-electron chi connectivity index (χ3n) is 6.53. The van der Waals surface area contributed by atoms with E-state index in [4.69, 9.17) is 29.1 Å². The van der Waals surface area contributed by atoms with E-state index in [0.717, 1.165) is 70.2 Å². The first-order chi connectivity index (χ1) is 17.2.